The summed E-state index contributed by atoms with van der Waals surface area (Å²) in [5, 5.41) is 12.1. The molecule has 1 aromatic heterocycles. The van der Waals surface area contributed by atoms with Crippen molar-refractivity contribution in [1.82, 2.24) is 9.88 Å². The van der Waals surface area contributed by atoms with E-state index in [2.05, 4.69) is 15.2 Å². The first-order valence-electron chi connectivity index (χ1n) is 6.21. The second kappa shape index (κ2) is 6.21. The maximum atomic E-state index is 8.73. The highest BCUT2D eigenvalue weighted by Crippen LogP contribution is 2.09. The van der Waals surface area contributed by atoms with Crippen LogP contribution in [-0.2, 0) is 0 Å². The van der Waals surface area contributed by atoms with Crippen molar-refractivity contribution >= 4 is 5.69 Å². The third-order valence-electron chi connectivity index (χ3n) is 3.05. The van der Waals surface area contributed by atoms with Crippen molar-refractivity contribution in [2.75, 3.05) is 31.5 Å². The predicted molar refractivity (Wildman–Crippen MR) is 67.7 cm³/mol. The number of aromatic nitrogens is 1. The Bertz CT molecular complexity index is 391. The number of nitriles is 1. The molecule has 0 amide bonds. The standard InChI is InChI=1S/C13H18N4/c14-11-13-10-12(4-6-16-13)15-5-3-9-17-7-1-2-8-17/h4,6,10H,1-3,5,7-9H2,(H,15,16). The second-order valence-electron chi connectivity index (χ2n) is 4.37. The lowest BCUT2D eigenvalue weighted by Gasteiger charge is -2.14. The Morgan fingerprint density at radius 1 is 1.41 bits per heavy atom. The monoisotopic (exact) mass is 230 g/mol. The normalized spacial score (nSPS) is 15.7. The second-order valence-corrected chi connectivity index (χ2v) is 4.37. The van der Waals surface area contributed by atoms with Gasteiger partial charge in [-0.15, -0.1) is 0 Å². The molecule has 1 saturated heterocycles. The van der Waals surface area contributed by atoms with E-state index in [9.17, 15) is 0 Å². The average molecular weight is 230 g/mol. The fourth-order valence-corrected chi connectivity index (χ4v) is 2.14. The Kier molecular flexibility index (Phi) is 4.34. The number of pyridine rings is 1. The fourth-order valence-electron chi connectivity index (χ4n) is 2.14. The van der Waals surface area contributed by atoms with Crippen molar-refractivity contribution < 1.29 is 0 Å². The highest BCUT2D eigenvalue weighted by atomic mass is 15.1. The number of anilines is 1. The molecule has 0 radical (unpaired) electrons. The zero-order valence-corrected chi connectivity index (χ0v) is 10.0. The molecule has 1 aliphatic heterocycles. The number of hydrogen-bond acceptors (Lipinski definition) is 4. The molecule has 2 rings (SSSR count). The first-order chi connectivity index (χ1) is 8.38. The van der Waals surface area contributed by atoms with Crippen LogP contribution in [0.5, 0.6) is 0 Å². The van der Waals surface area contributed by atoms with Gasteiger partial charge in [0.05, 0.1) is 0 Å². The maximum absolute atomic E-state index is 8.73. The summed E-state index contributed by atoms with van der Waals surface area (Å²) in [6.45, 7) is 4.64. The molecule has 1 aliphatic rings. The highest BCUT2D eigenvalue weighted by Gasteiger charge is 2.09. The molecule has 1 fully saturated rings. The molecule has 17 heavy (non-hydrogen) atoms. The molecular formula is C13H18N4. The summed E-state index contributed by atoms with van der Waals surface area (Å²) < 4.78 is 0. The van der Waals surface area contributed by atoms with E-state index in [-0.39, 0.29) is 0 Å². The first kappa shape index (κ1) is 11.9. The molecule has 0 aliphatic carbocycles. The van der Waals surface area contributed by atoms with Gasteiger partial charge in [0.2, 0.25) is 0 Å². The van der Waals surface area contributed by atoms with Crippen LogP contribution in [0, 0.1) is 11.3 Å². The van der Waals surface area contributed by atoms with Crippen molar-refractivity contribution in [3.8, 4) is 6.07 Å². The van der Waals surface area contributed by atoms with Crippen molar-refractivity contribution in [1.29, 1.82) is 5.26 Å². The summed E-state index contributed by atoms with van der Waals surface area (Å²) in [4.78, 5) is 6.45. The Balaban J connectivity index is 1.68. The summed E-state index contributed by atoms with van der Waals surface area (Å²) in [5.74, 6) is 0. The first-order valence-corrected chi connectivity index (χ1v) is 6.21. The zero-order valence-electron chi connectivity index (χ0n) is 10.0. The topological polar surface area (TPSA) is 52.0 Å². The molecule has 90 valence electrons. The molecule has 0 aromatic carbocycles. The molecule has 1 N–H and O–H groups in total. The zero-order chi connectivity index (χ0) is 11.9. The lowest BCUT2D eigenvalue weighted by molar-refractivity contribution is 0.337. The Morgan fingerprint density at radius 3 is 3.00 bits per heavy atom. The van der Waals surface area contributed by atoms with Gasteiger partial charge in [-0.3, -0.25) is 0 Å². The molecule has 0 saturated carbocycles. The van der Waals surface area contributed by atoms with E-state index in [1.54, 1.807) is 12.3 Å². The summed E-state index contributed by atoms with van der Waals surface area (Å²) in [6, 6.07) is 5.73. The minimum absolute atomic E-state index is 0.467. The smallest absolute Gasteiger partial charge is 0.142 e. The molecular weight excluding hydrogens is 212 g/mol. The lowest BCUT2D eigenvalue weighted by Crippen LogP contribution is -2.22. The number of nitrogens with zero attached hydrogens (tertiary/aromatic N) is 3. The van der Waals surface area contributed by atoms with E-state index in [0.717, 1.165) is 18.7 Å². The lowest BCUT2D eigenvalue weighted by atomic mass is 10.3. The van der Waals surface area contributed by atoms with Crippen LogP contribution in [0.15, 0.2) is 18.3 Å². The van der Waals surface area contributed by atoms with Crippen molar-refractivity contribution in [3.63, 3.8) is 0 Å². The molecule has 4 nitrogen and oxygen atoms in total. The van der Waals surface area contributed by atoms with Crippen LogP contribution in [0.25, 0.3) is 0 Å². The van der Waals surface area contributed by atoms with E-state index in [4.69, 9.17) is 5.26 Å². The van der Waals surface area contributed by atoms with Crippen LogP contribution in [0.4, 0.5) is 5.69 Å². The van der Waals surface area contributed by atoms with Crippen molar-refractivity contribution in [3.05, 3.63) is 24.0 Å². The van der Waals surface area contributed by atoms with Gasteiger partial charge in [0.1, 0.15) is 11.8 Å². The number of rotatable bonds is 5. The van der Waals surface area contributed by atoms with Gasteiger partial charge in [0.15, 0.2) is 0 Å². The predicted octanol–water partition coefficient (Wildman–Crippen LogP) is 1.85. The fraction of sp³-hybridized carbons (Fsp3) is 0.538. The van der Waals surface area contributed by atoms with Gasteiger partial charge in [-0.05, 0) is 51.0 Å². The van der Waals surface area contributed by atoms with Gasteiger partial charge in [-0.25, -0.2) is 4.98 Å². The van der Waals surface area contributed by atoms with Gasteiger partial charge in [-0.2, -0.15) is 5.26 Å². The summed E-state index contributed by atoms with van der Waals surface area (Å²) in [7, 11) is 0. The van der Waals surface area contributed by atoms with Crippen molar-refractivity contribution in [2.24, 2.45) is 0 Å². The van der Waals surface area contributed by atoms with Crippen LogP contribution >= 0.6 is 0 Å². The van der Waals surface area contributed by atoms with Crippen LogP contribution < -0.4 is 5.32 Å². The van der Waals surface area contributed by atoms with E-state index in [1.165, 1.54) is 32.5 Å². The van der Waals surface area contributed by atoms with Crippen LogP contribution in [0.3, 0.4) is 0 Å². The van der Waals surface area contributed by atoms with Gasteiger partial charge in [-0.1, -0.05) is 0 Å². The minimum atomic E-state index is 0.467. The Hall–Kier alpha value is -1.60. The third kappa shape index (κ3) is 3.72. The summed E-state index contributed by atoms with van der Waals surface area (Å²) >= 11 is 0. The van der Waals surface area contributed by atoms with Crippen molar-refractivity contribution in [2.45, 2.75) is 19.3 Å². The number of hydrogen-bond donors (Lipinski definition) is 1. The van der Waals surface area contributed by atoms with Gasteiger partial charge >= 0.3 is 0 Å². The molecule has 2 heterocycles. The van der Waals surface area contributed by atoms with E-state index in [1.807, 2.05) is 12.1 Å². The largest absolute Gasteiger partial charge is 0.385 e. The quantitative estimate of drug-likeness (QED) is 0.784. The Morgan fingerprint density at radius 2 is 2.24 bits per heavy atom. The summed E-state index contributed by atoms with van der Waals surface area (Å²) in [5.41, 5.74) is 1.45. The number of nitrogens with one attached hydrogen (secondary N) is 1. The van der Waals surface area contributed by atoms with Gasteiger partial charge in [0, 0.05) is 18.4 Å². The molecule has 4 heteroatoms. The third-order valence-corrected chi connectivity index (χ3v) is 3.05. The average Bonchev–Trinajstić information content (AvgIpc) is 2.88. The molecule has 0 atom stereocenters. The summed E-state index contributed by atoms with van der Waals surface area (Å²) in [6.07, 6.45) is 5.51. The highest BCUT2D eigenvalue weighted by molar-refractivity contribution is 5.45. The number of likely N-dealkylation sites (tertiary alicyclic amines) is 1. The minimum Gasteiger partial charge on any atom is -0.385 e. The molecule has 0 bridgehead atoms. The van der Waals surface area contributed by atoms with Crippen LogP contribution in [0.2, 0.25) is 0 Å². The molecule has 0 spiro atoms. The van der Waals surface area contributed by atoms with Crippen LogP contribution in [0.1, 0.15) is 25.0 Å². The van der Waals surface area contributed by atoms with E-state index >= 15 is 0 Å². The SMILES string of the molecule is N#Cc1cc(NCCCN2CCCC2)ccn1. The van der Waals surface area contributed by atoms with Crippen LogP contribution in [-0.4, -0.2) is 36.1 Å². The molecule has 1 aromatic rings. The van der Waals surface area contributed by atoms with E-state index < -0.39 is 0 Å². The van der Waals surface area contributed by atoms with Gasteiger partial charge < -0.3 is 10.2 Å². The Labute approximate surface area is 102 Å². The van der Waals surface area contributed by atoms with Gasteiger partial charge in [0.25, 0.3) is 0 Å². The van der Waals surface area contributed by atoms with E-state index in [0.29, 0.717) is 5.69 Å². The molecule has 0 unspecified atom stereocenters. The maximum Gasteiger partial charge on any atom is 0.142 e.